The number of likely N-dealkylation sites (N-methyl/N-ethyl adjacent to an activating group) is 1. The summed E-state index contributed by atoms with van der Waals surface area (Å²) in [6.07, 6.45) is 0.0896. The third-order valence-electron chi connectivity index (χ3n) is 3.41. The van der Waals surface area contributed by atoms with Crippen molar-refractivity contribution >= 4 is 0 Å². The summed E-state index contributed by atoms with van der Waals surface area (Å²) in [7, 11) is 5.08. The zero-order chi connectivity index (χ0) is 15.1. The van der Waals surface area contributed by atoms with Gasteiger partial charge >= 0.3 is 0 Å². The number of hydrogen-bond donors (Lipinski definition) is 1. The van der Waals surface area contributed by atoms with Gasteiger partial charge in [-0.05, 0) is 30.2 Å². The van der Waals surface area contributed by atoms with Crippen molar-refractivity contribution in [1.29, 1.82) is 0 Å². The van der Waals surface area contributed by atoms with E-state index in [4.69, 9.17) is 14.2 Å². The topological polar surface area (TPSA) is 39.7 Å². The summed E-state index contributed by atoms with van der Waals surface area (Å²) in [5.74, 6) is 1.99. The van der Waals surface area contributed by atoms with Crippen molar-refractivity contribution in [2.75, 3.05) is 27.9 Å². The Labute approximate surface area is 122 Å². The molecule has 20 heavy (non-hydrogen) atoms. The summed E-state index contributed by atoms with van der Waals surface area (Å²) in [6.45, 7) is 7.29. The van der Waals surface area contributed by atoms with Gasteiger partial charge in [0.25, 0.3) is 0 Å². The Morgan fingerprint density at radius 2 is 1.55 bits per heavy atom. The molecule has 0 fully saturated rings. The van der Waals surface area contributed by atoms with E-state index in [-0.39, 0.29) is 12.1 Å². The second-order valence-electron chi connectivity index (χ2n) is 5.13. The SMILES string of the molecule is CCNC(c1cc(OC)cc(OC)c1)C(OC)C(C)C. The van der Waals surface area contributed by atoms with Crippen molar-refractivity contribution in [2.45, 2.75) is 32.9 Å². The first kappa shape index (κ1) is 16.8. The third kappa shape index (κ3) is 4.12. The van der Waals surface area contributed by atoms with E-state index in [0.29, 0.717) is 5.92 Å². The van der Waals surface area contributed by atoms with Crippen LogP contribution in [-0.2, 0) is 4.74 Å². The fourth-order valence-electron chi connectivity index (χ4n) is 2.45. The highest BCUT2D eigenvalue weighted by atomic mass is 16.5. The van der Waals surface area contributed by atoms with E-state index >= 15 is 0 Å². The Morgan fingerprint density at radius 3 is 1.90 bits per heavy atom. The van der Waals surface area contributed by atoms with Crippen molar-refractivity contribution < 1.29 is 14.2 Å². The lowest BCUT2D eigenvalue weighted by Crippen LogP contribution is -2.36. The summed E-state index contributed by atoms with van der Waals surface area (Å²) in [5, 5.41) is 3.50. The minimum Gasteiger partial charge on any atom is -0.497 e. The maximum Gasteiger partial charge on any atom is 0.122 e. The van der Waals surface area contributed by atoms with Gasteiger partial charge < -0.3 is 19.5 Å². The largest absolute Gasteiger partial charge is 0.497 e. The third-order valence-corrected chi connectivity index (χ3v) is 3.41. The second kappa shape index (κ2) is 8.12. The fourth-order valence-corrected chi connectivity index (χ4v) is 2.45. The smallest absolute Gasteiger partial charge is 0.122 e. The van der Waals surface area contributed by atoms with Crippen LogP contribution in [0.4, 0.5) is 0 Å². The first-order valence-corrected chi connectivity index (χ1v) is 7.06. The molecular formula is C16H27NO3. The minimum atomic E-state index is 0.0896. The van der Waals surface area contributed by atoms with Gasteiger partial charge in [-0.15, -0.1) is 0 Å². The number of hydrogen-bond acceptors (Lipinski definition) is 4. The molecule has 2 atom stereocenters. The van der Waals surface area contributed by atoms with Gasteiger partial charge in [0, 0.05) is 13.2 Å². The minimum absolute atomic E-state index is 0.0896. The Balaban J connectivity index is 3.18. The molecule has 4 heteroatoms. The van der Waals surface area contributed by atoms with Gasteiger partial charge in [0.1, 0.15) is 11.5 Å². The Kier molecular flexibility index (Phi) is 6.82. The highest BCUT2D eigenvalue weighted by Crippen LogP contribution is 2.31. The molecule has 1 aromatic carbocycles. The molecule has 0 spiro atoms. The molecule has 0 saturated carbocycles. The lowest BCUT2D eigenvalue weighted by atomic mass is 9.93. The van der Waals surface area contributed by atoms with Crippen LogP contribution in [0.3, 0.4) is 0 Å². The zero-order valence-corrected chi connectivity index (χ0v) is 13.4. The molecule has 0 heterocycles. The molecular weight excluding hydrogens is 254 g/mol. The Hall–Kier alpha value is -1.26. The van der Waals surface area contributed by atoms with Gasteiger partial charge in [-0.2, -0.15) is 0 Å². The molecule has 0 aliphatic heterocycles. The predicted molar refractivity (Wildman–Crippen MR) is 81.6 cm³/mol. The Morgan fingerprint density at radius 1 is 1.00 bits per heavy atom. The molecule has 114 valence electrons. The summed E-state index contributed by atoms with van der Waals surface area (Å²) < 4.78 is 16.4. The van der Waals surface area contributed by atoms with E-state index in [1.807, 2.05) is 18.2 Å². The molecule has 2 unspecified atom stereocenters. The van der Waals surface area contributed by atoms with E-state index < -0.39 is 0 Å². The van der Waals surface area contributed by atoms with Crippen LogP contribution in [0.5, 0.6) is 11.5 Å². The van der Waals surface area contributed by atoms with E-state index in [2.05, 4.69) is 26.1 Å². The lowest BCUT2D eigenvalue weighted by Gasteiger charge is -2.30. The van der Waals surface area contributed by atoms with Crippen molar-refractivity contribution in [3.63, 3.8) is 0 Å². The van der Waals surface area contributed by atoms with Crippen molar-refractivity contribution in [3.8, 4) is 11.5 Å². The highest BCUT2D eigenvalue weighted by molar-refractivity contribution is 5.40. The molecule has 1 rings (SSSR count). The first-order valence-electron chi connectivity index (χ1n) is 7.06. The van der Waals surface area contributed by atoms with Crippen LogP contribution < -0.4 is 14.8 Å². The number of benzene rings is 1. The van der Waals surface area contributed by atoms with Crippen LogP contribution in [0.1, 0.15) is 32.4 Å². The van der Waals surface area contributed by atoms with Crippen LogP contribution in [0.25, 0.3) is 0 Å². The number of ether oxygens (including phenoxy) is 3. The molecule has 0 aromatic heterocycles. The standard InChI is InChI=1S/C16H27NO3/c1-7-17-15(16(20-6)11(2)3)12-8-13(18-4)10-14(9-12)19-5/h8-11,15-17H,7H2,1-6H3. The highest BCUT2D eigenvalue weighted by Gasteiger charge is 2.26. The van der Waals surface area contributed by atoms with Crippen LogP contribution in [0.2, 0.25) is 0 Å². The van der Waals surface area contributed by atoms with Crippen LogP contribution in [0.15, 0.2) is 18.2 Å². The molecule has 0 bridgehead atoms. The predicted octanol–water partition coefficient (Wildman–Crippen LogP) is 3.03. The van der Waals surface area contributed by atoms with E-state index in [0.717, 1.165) is 23.6 Å². The van der Waals surface area contributed by atoms with Crippen molar-refractivity contribution in [3.05, 3.63) is 23.8 Å². The maximum absolute atomic E-state index is 5.68. The summed E-state index contributed by atoms with van der Waals surface area (Å²) in [6, 6.07) is 6.05. The Bertz CT molecular complexity index is 384. The quantitative estimate of drug-likeness (QED) is 0.795. The summed E-state index contributed by atoms with van der Waals surface area (Å²) in [5.41, 5.74) is 1.11. The molecule has 1 N–H and O–H groups in total. The molecule has 1 aromatic rings. The molecule has 0 saturated heterocycles. The van der Waals surface area contributed by atoms with Crippen LogP contribution in [0, 0.1) is 5.92 Å². The van der Waals surface area contributed by atoms with Gasteiger partial charge in [0.2, 0.25) is 0 Å². The average molecular weight is 281 g/mol. The summed E-state index contributed by atoms with van der Waals surface area (Å²) in [4.78, 5) is 0. The molecule has 0 amide bonds. The van der Waals surface area contributed by atoms with E-state index in [9.17, 15) is 0 Å². The zero-order valence-electron chi connectivity index (χ0n) is 13.4. The second-order valence-corrected chi connectivity index (χ2v) is 5.13. The van der Waals surface area contributed by atoms with Gasteiger partial charge in [-0.3, -0.25) is 0 Å². The van der Waals surface area contributed by atoms with Gasteiger partial charge in [-0.1, -0.05) is 20.8 Å². The maximum atomic E-state index is 5.68. The number of methoxy groups -OCH3 is 3. The molecule has 4 nitrogen and oxygen atoms in total. The molecule has 0 aliphatic carbocycles. The average Bonchev–Trinajstić information content (AvgIpc) is 2.46. The number of rotatable bonds is 8. The fraction of sp³-hybridized carbons (Fsp3) is 0.625. The summed E-state index contributed by atoms with van der Waals surface area (Å²) >= 11 is 0. The van der Waals surface area contributed by atoms with Crippen molar-refractivity contribution in [2.24, 2.45) is 5.92 Å². The van der Waals surface area contributed by atoms with E-state index in [1.54, 1.807) is 21.3 Å². The van der Waals surface area contributed by atoms with Gasteiger partial charge in [-0.25, -0.2) is 0 Å². The van der Waals surface area contributed by atoms with Crippen LogP contribution >= 0.6 is 0 Å². The monoisotopic (exact) mass is 281 g/mol. The van der Waals surface area contributed by atoms with Gasteiger partial charge in [0.05, 0.1) is 26.4 Å². The molecule has 0 aliphatic rings. The first-order chi connectivity index (χ1) is 9.57. The number of nitrogens with one attached hydrogen (secondary N) is 1. The van der Waals surface area contributed by atoms with Crippen LogP contribution in [-0.4, -0.2) is 34.0 Å². The van der Waals surface area contributed by atoms with Gasteiger partial charge in [0.15, 0.2) is 0 Å². The van der Waals surface area contributed by atoms with E-state index in [1.165, 1.54) is 0 Å². The normalized spacial score (nSPS) is 14.2. The molecule has 0 radical (unpaired) electrons. The lowest BCUT2D eigenvalue weighted by molar-refractivity contribution is 0.0330. The van der Waals surface area contributed by atoms with Crippen molar-refractivity contribution in [1.82, 2.24) is 5.32 Å².